The number of thiocarbonyl (C=S) groups is 1. The first-order valence-corrected chi connectivity index (χ1v) is 13.2. The maximum Gasteiger partial charge on any atom is 0.416 e. The van der Waals surface area contributed by atoms with Crippen LogP contribution in [-0.2, 0) is 6.18 Å². The summed E-state index contributed by atoms with van der Waals surface area (Å²) < 4.78 is 39.2. The molecular weight excluding hydrogens is 457 g/mol. The van der Waals surface area contributed by atoms with Crippen LogP contribution in [-0.4, -0.2) is 35.1 Å². The molecule has 0 amide bonds. The van der Waals surface area contributed by atoms with Crippen LogP contribution < -0.4 is 10.6 Å². The molecule has 1 aliphatic heterocycles. The molecule has 1 aromatic carbocycles. The number of nitrogens with zero attached hydrogens (tertiary/aromatic N) is 2. The van der Waals surface area contributed by atoms with Crippen molar-refractivity contribution in [2.24, 2.45) is 10.9 Å². The van der Waals surface area contributed by atoms with E-state index in [1.807, 2.05) is 4.90 Å². The highest BCUT2D eigenvalue weighted by molar-refractivity contribution is 7.80. The van der Waals surface area contributed by atoms with Gasteiger partial charge in [0.1, 0.15) is 0 Å². The topological polar surface area (TPSA) is 39.7 Å². The van der Waals surface area contributed by atoms with Gasteiger partial charge in [0.15, 0.2) is 5.11 Å². The monoisotopic (exact) mass is 498 g/mol. The highest BCUT2D eigenvalue weighted by atomic mass is 32.1. The van der Waals surface area contributed by atoms with Crippen LogP contribution in [0.3, 0.4) is 0 Å². The Hall–Kier alpha value is -1.83. The Labute approximate surface area is 208 Å². The molecule has 2 rings (SSSR count). The molecule has 0 saturated heterocycles. The lowest BCUT2D eigenvalue weighted by Gasteiger charge is -2.31. The third-order valence-electron chi connectivity index (χ3n) is 6.23. The van der Waals surface area contributed by atoms with E-state index in [1.54, 1.807) is 6.07 Å². The third-order valence-corrected chi connectivity index (χ3v) is 6.53. The van der Waals surface area contributed by atoms with Crippen molar-refractivity contribution in [1.82, 2.24) is 10.2 Å². The number of nitrogens with one attached hydrogen (secondary N) is 2. The molecule has 0 saturated carbocycles. The van der Waals surface area contributed by atoms with Gasteiger partial charge in [0.25, 0.3) is 0 Å². The van der Waals surface area contributed by atoms with E-state index in [9.17, 15) is 13.2 Å². The summed E-state index contributed by atoms with van der Waals surface area (Å²) in [5, 5.41) is 6.77. The van der Waals surface area contributed by atoms with Crippen molar-refractivity contribution in [1.29, 1.82) is 0 Å². The molecule has 1 aromatic rings. The molecule has 8 heteroatoms. The van der Waals surface area contributed by atoms with E-state index < -0.39 is 11.7 Å². The molecule has 2 N–H and O–H groups in total. The summed E-state index contributed by atoms with van der Waals surface area (Å²) in [5.74, 6) is 1.00. The van der Waals surface area contributed by atoms with Crippen LogP contribution in [0.1, 0.15) is 90.5 Å². The number of unbranched alkanes of at least 4 members (excludes halogenated alkanes) is 9. The summed E-state index contributed by atoms with van der Waals surface area (Å²) in [4.78, 5) is 6.57. The fourth-order valence-corrected chi connectivity index (χ4v) is 4.50. The Morgan fingerprint density at radius 1 is 1.06 bits per heavy atom. The Morgan fingerprint density at radius 2 is 1.68 bits per heavy atom. The minimum atomic E-state index is -4.39. The molecule has 1 heterocycles. The number of alkyl halides is 3. The van der Waals surface area contributed by atoms with Crippen LogP contribution >= 0.6 is 12.2 Å². The molecular formula is C26H41F3N4S. The quantitative estimate of drug-likeness (QED) is 0.217. The largest absolute Gasteiger partial charge is 0.416 e. The lowest BCUT2D eigenvalue weighted by Crippen LogP contribution is -2.50. The second-order valence-electron chi connectivity index (χ2n) is 9.46. The number of aliphatic imine (C=N–C) groups is 1. The van der Waals surface area contributed by atoms with Crippen LogP contribution in [0.25, 0.3) is 0 Å². The number of halogens is 3. The highest BCUT2D eigenvalue weighted by Crippen LogP contribution is 2.31. The second kappa shape index (κ2) is 14.5. The zero-order valence-electron chi connectivity index (χ0n) is 20.9. The lowest BCUT2D eigenvalue weighted by molar-refractivity contribution is -0.137. The Kier molecular flexibility index (Phi) is 12.2. The summed E-state index contributed by atoms with van der Waals surface area (Å²) >= 11 is 5.61. The van der Waals surface area contributed by atoms with Gasteiger partial charge in [-0.2, -0.15) is 13.2 Å². The number of guanidine groups is 1. The molecule has 0 fully saturated rings. The van der Waals surface area contributed by atoms with Gasteiger partial charge in [0, 0.05) is 12.2 Å². The highest BCUT2D eigenvalue weighted by Gasteiger charge is 2.34. The van der Waals surface area contributed by atoms with Crippen LogP contribution in [0.15, 0.2) is 29.3 Å². The molecule has 1 atom stereocenters. The standard InChI is InChI=1S/C26H41F3N4S/c1-4-5-6-7-8-9-10-11-12-13-17-30-24-31-19-23(20(2)3)33(24)25(34)32-22-16-14-15-21(18-22)26(27,28)29/h14-16,18,20,23H,4-13,17,19H2,1-3H3,(H,30,31)(H,32,34). The fraction of sp³-hybridized carbons (Fsp3) is 0.692. The van der Waals surface area contributed by atoms with Gasteiger partial charge in [-0.25, -0.2) is 0 Å². The normalized spacial score (nSPS) is 16.1. The van der Waals surface area contributed by atoms with Crippen LogP contribution in [0, 0.1) is 5.92 Å². The van der Waals surface area contributed by atoms with E-state index >= 15 is 0 Å². The van der Waals surface area contributed by atoms with Crippen molar-refractivity contribution in [3.05, 3.63) is 29.8 Å². The van der Waals surface area contributed by atoms with Crippen molar-refractivity contribution in [2.45, 2.75) is 97.2 Å². The fourth-order valence-electron chi connectivity index (χ4n) is 4.16. The van der Waals surface area contributed by atoms with E-state index in [-0.39, 0.29) is 6.04 Å². The van der Waals surface area contributed by atoms with E-state index in [0.717, 1.165) is 25.1 Å². The smallest absolute Gasteiger partial charge is 0.356 e. The number of benzene rings is 1. The number of hydrogen-bond acceptors (Lipinski definition) is 3. The molecule has 34 heavy (non-hydrogen) atoms. The Balaban J connectivity index is 1.80. The summed E-state index contributed by atoms with van der Waals surface area (Å²) in [7, 11) is 0. The summed E-state index contributed by atoms with van der Waals surface area (Å²) in [6.07, 6.45) is 8.41. The van der Waals surface area contributed by atoms with Gasteiger partial charge in [-0.05, 0) is 42.8 Å². The van der Waals surface area contributed by atoms with Gasteiger partial charge in [-0.15, -0.1) is 0 Å². The van der Waals surface area contributed by atoms with Crippen LogP contribution in [0.4, 0.5) is 18.9 Å². The van der Waals surface area contributed by atoms with Gasteiger partial charge in [0.2, 0.25) is 5.96 Å². The van der Waals surface area contributed by atoms with Gasteiger partial charge in [0.05, 0.1) is 18.2 Å². The number of rotatable bonds is 13. The van der Waals surface area contributed by atoms with Crippen molar-refractivity contribution in [3.63, 3.8) is 0 Å². The van der Waals surface area contributed by atoms with E-state index in [1.165, 1.54) is 63.9 Å². The van der Waals surface area contributed by atoms with E-state index in [2.05, 4.69) is 36.4 Å². The zero-order valence-corrected chi connectivity index (χ0v) is 21.7. The summed E-state index contributed by atoms with van der Waals surface area (Å²) in [5.41, 5.74) is -0.376. The molecule has 4 nitrogen and oxygen atoms in total. The Morgan fingerprint density at radius 3 is 2.26 bits per heavy atom. The summed E-state index contributed by atoms with van der Waals surface area (Å²) in [6, 6.07) is 5.19. The first-order chi connectivity index (χ1) is 16.2. The first-order valence-electron chi connectivity index (χ1n) is 12.8. The predicted molar refractivity (Wildman–Crippen MR) is 140 cm³/mol. The molecule has 1 aliphatic rings. The predicted octanol–water partition coefficient (Wildman–Crippen LogP) is 7.61. The van der Waals surface area contributed by atoms with Crippen LogP contribution in [0.5, 0.6) is 0 Å². The van der Waals surface area contributed by atoms with Crippen molar-refractivity contribution >= 4 is 29.0 Å². The molecule has 0 aliphatic carbocycles. The van der Waals surface area contributed by atoms with Crippen LogP contribution in [0.2, 0.25) is 0 Å². The zero-order chi connectivity index (χ0) is 25.0. The van der Waals surface area contributed by atoms with Gasteiger partial charge < -0.3 is 10.6 Å². The maximum atomic E-state index is 13.1. The average Bonchev–Trinajstić information content (AvgIpc) is 3.21. The van der Waals surface area contributed by atoms with Crippen molar-refractivity contribution in [2.75, 3.05) is 18.4 Å². The molecule has 192 valence electrons. The second-order valence-corrected chi connectivity index (χ2v) is 9.85. The van der Waals surface area contributed by atoms with E-state index in [4.69, 9.17) is 12.2 Å². The number of anilines is 1. The molecule has 0 aromatic heterocycles. The molecule has 0 bridgehead atoms. The minimum Gasteiger partial charge on any atom is -0.356 e. The van der Waals surface area contributed by atoms with Crippen molar-refractivity contribution in [3.8, 4) is 0 Å². The molecule has 0 radical (unpaired) electrons. The average molecular weight is 499 g/mol. The number of hydrogen-bond donors (Lipinski definition) is 2. The van der Waals surface area contributed by atoms with Gasteiger partial charge in [-0.3, -0.25) is 9.89 Å². The SMILES string of the molecule is CCCCCCCCCCCCNC1=NCC(C(C)C)N1C(=S)Nc1cccc(C(F)(F)F)c1. The van der Waals surface area contributed by atoms with Gasteiger partial charge >= 0.3 is 6.18 Å². The van der Waals surface area contributed by atoms with Gasteiger partial charge in [-0.1, -0.05) is 84.6 Å². The maximum absolute atomic E-state index is 13.1. The van der Waals surface area contributed by atoms with E-state index in [0.29, 0.717) is 29.2 Å². The lowest BCUT2D eigenvalue weighted by atomic mass is 10.0. The summed E-state index contributed by atoms with van der Waals surface area (Å²) in [6.45, 7) is 7.87. The minimum absolute atomic E-state index is 0.0704. The third kappa shape index (κ3) is 9.43. The first kappa shape index (κ1) is 28.4. The molecule has 0 spiro atoms. The Bertz CT molecular complexity index is 780. The van der Waals surface area contributed by atoms with Crippen molar-refractivity contribution < 1.29 is 13.2 Å². The molecule has 1 unspecified atom stereocenters.